The fourth-order valence-electron chi connectivity index (χ4n) is 12.9. The minimum atomic E-state index is -0.678. The molecule has 2 heterocycles. The molecule has 2 aromatic heterocycles. The van der Waals surface area contributed by atoms with E-state index in [1.807, 2.05) is 0 Å². The van der Waals surface area contributed by atoms with Crippen molar-refractivity contribution in [1.82, 2.24) is 15.9 Å². The van der Waals surface area contributed by atoms with Crippen LogP contribution in [0.4, 0.5) is 8.78 Å². The van der Waals surface area contributed by atoms with Gasteiger partial charge in [-0.05, 0) is 0 Å². The van der Waals surface area contributed by atoms with Crippen molar-refractivity contribution < 1.29 is 8.78 Å². The third kappa shape index (κ3) is 12.7. The normalized spacial score (nSPS) is 14.3. The minimum Gasteiger partial charge on any atom is -0.0654 e. The number of nitrogens with zero attached hydrogens (tertiary/aromatic N) is 4. The first-order valence-electron chi connectivity index (χ1n) is 28.8. The summed E-state index contributed by atoms with van der Waals surface area (Å²) in [6.07, 6.45) is 41.8. The smallest absolute Gasteiger partial charge is 0.0654 e. The molecule has 0 bridgehead atoms. The van der Waals surface area contributed by atoms with Gasteiger partial charge in [-0.3, -0.25) is 0 Å². The molecule has 10 heteroatoms. The number of aromatic nitrogens is 4. The Kier molecular flexibility index (Phi) is 23.0. The molecule has 0 radical (unpaired) electrons. The van der Waals surface area contributed by atoms with Gasteiger partial charge in [-0.2, -0.15) is 0 Å². The van der Waals surface area contributed by atoms with Crippen LogP contribution in [0.2, 0.25) is 0 Å². The predicted octanol–water partition coefficient (Wildman–Crippen LogP) is 20.1. The van der Waals surface area contributed by atoms with Crippen molar-refractivity contribution >= 4 is 83.9 Å². The van der Waals surface area contributed by atoms with Crippen molar-refractivity contribution in [2.45, 2.75) is 270 Å². The minimum absolute atomic E-state index is 0.193. The molecule has 70 heavy (non-hydrogen) atoms. The summed E-state index contributed by atoms with van der Waals surface area (Å²) in [4.78, 5) is 0. The predicted molar refractivity (Wildman–Crippen MR) is 303 cm³/mol. The molecular formula is C60H86Br2F2N4Se2. The van der Waals surface area contributed by atoms with Gasteiger partial charge in [-0.25, -0.2) is 0 Å². The third-order valence-corrected chi connectivity index (χ3v) is 20.1. The molecule has 3 aromatic carbocycles. The first kappa shape index (κ1) is 56.4. The second kappa shape index (κ2) is 28.6. The van der Waals surface area contributed by atoms with Crippen LogP contribution in [-0.4, -0.2) is 45.8 Å². The van der Waals surface area contributed by atoms with Crippen LogP contribution >= 0.6 is 31.9 Å². The molecule has 2 aliphatic carbocycles. The molecule has 0 saturated heterocycles. The van der Waals surface area contributed by atoms with E-state index in [-0.39, 0.29) is 41.6 Å². The molecule has 0 fully saturated rings. The summed E-state index contributed by atoms with van der Waals surface area (Å²) in [5.74, 6) is -0.387. The van der Waals surface area contributed by atoms with Crippen molar-refractivity contribution in [3.8, 4) is 22.3 Å². The molecule has 0 unspecified atom stereocenters. The summed E-state index contributed by atoms with van der Waals surface area (Å²) in [6, 6.07) is 4.48. The van der Waals surface area contributed by atoms with Gasteiger partial charge in [-0.15, -0.1) is 0 Å². The first-order chi connectivity index (χ1) is 34.3. The van der Waals surface area contributed by atoms with E-state index in [2.05, 4.69) is 71.7 Å². The molecule has 0 amide bonds. The van der Waals surface area contributed by atoms with E-state index in [1.165, 1.54) is 154 Å². The van der Waals surface area contributed by atoms with Gasteiger partial charge in [0.05, 0.1) is 0 Å². The van der Waals surface area contributed by atoms with Crippen LogP contribution in [0.15, 0.2) is 21.1 Å². The molecule has 4 nitrogen and oxygen atoms in total. The molecule has 7 rings (SSSR count). The van der Waals surface area contributed by atoms with Gasteiger partial charge in [0.1, 0.15) is 0 Å². The van der Waals surface area contributed by atoms with Gasteiger partial charge in [0, 0.05) is 0 Å². The maximum atomic E-state index is 19.5. The summed E-state index contributed by atoms with van der Waals surface area (Å²) in [5, 5.41) is 0. The second-order valence-electron chi connectivity index (χ2n) is 21.7. The molecular weight excluding hydrogens is 1130 g/mol. The Morgan fingerprint density at radius 1 is 0.357 bits per heavy atom. The van der Waals surface area contributed by atoms with E-state index >= 15 is 8.78 Å². The number of hydrogen-bond donors (Lipinski definition) is 0. The summed E-state index contributed by atoms with van der Waals surface area (Å²) in [7, 11) is 0. The van der Waals surface area contributed by atoms with Crippen LogP contribution in [0.3, 0.4) is 0 Å². The van der Waals surface area contributed by atoms with Gasteiger partial charge in [0.2, 0.25) is 0 Å². The monoisotopic (exact) mass is 1220 g/mol. The van der Waals surface area contributed by atoms with E-state index < -0.39 is 10.8 Å². The number of hydrogen-bond acceptors (Lipinski definition) is 4. The Morgan fingerprint density at radius 3 is 0.871 bits per heavy atom. The Bertz CT molecular complexity index is 2200. The molecule has 0 N–H and O–H groups in total. The van der Waals surface area contributed by atoms with E-state index in [0.29, 0.717) is 22.3 Å². The van der Waals surface area contributed by atoms with Crippen LogP contribution < -0.4 is 0 Å². The summed E-state index contributed by atoms with van der Waals surface area (Å²) in [6.45, 7) is 9.11. The van der Waals surface area contributed by atoms with Gasteiger partial charge in [-0.1, -0.05) is 79.1 Å². The zero-order valence-electron chi connectivity index (χ0n) is 43.7. The van der Waals surface area contributed by atoms with Gasteiger partial charge < -0.3 is 0 Å². The van der Waals surface area contributed by atoms with Crippen molar-refractivity contribution in [2.75, 3.05) is 0 Å². The number of fused-ring (bicyclic) bond motifs is 10. The van der Waals surface area contributed by atoms with Crippen molar-refractivity contribution in [1.29, 1.82) is 0 Å². The maximum absolute atomic E-state index is 19.5. The molecule has 2 aliphatic rings. The average molecular weight is 1220 g/mol. The molecule has 386 valence electrons. The summed E-state index contributed by atoms with van der Waals surface area (Å²) < 4.78 is 61.0. The van der Waals surface area contributed by atoms with E-state index in [9.17, 15) is 0 Å². The Labute approximate surface area is 452 Å². The molecule has 0 saturated carbocycles. The topological polar surface area (TPSA) is 51.6 Å². The SMILES string of the molecule is CCCCCCCCCCC1(CCCCCCCCCC)c2cc(Br)c3n[se]nc3c2-c2c(F)c3c(c(F)c21)-c1c(cc(Br)c2n[se]nc12)C3(CCCCCCCCCC)CCCCCCCCCC. The van der Waals surface area contributed by atoms with E-state index in [0.717, 1.165) is 130 Å². The average Bonchev–Trinajstić information content (AvgIpc) is 4.16. The zero-order valence-corrected chi connectivity index (χ0v) is 50.3. The standard InChI is InChI=1S/C60H86Br2F2N4Se2/c1-5-9-13-17-21-25-29-33-37-59(38-34-30-26-22-18-14-10-6-2)43-41-45(61)55-57(67-69-65-55)47(43)49-51(59)53(63)50-48-44(42-46(62)56-58(48)68-70-66-56)60(52(50)54(49)64,39-35-31-27-23-19-15-11-7-3)40-36-32-28-24-20-16-12-8-4/h41-42H,5-40H2,1-4H3. The van der Waals surface area contributed by atoms with Gasteiger partial charge >= 0.3 is 376 Å². The number of halogens is 4. The number of rotatable bonds is 36. The van der Waals surface area contributed by atoms with Crippen LogP contribution in [0.25, 0.3) is 44.3 Å². The summed E-state index contributed by atoms with van der Waals surface area (Å²) in [5.41, 5.74) is 7.93. The van der Waals surface area contributed by atoms with Crippen molar-refractivity contribution in [3.63, 3.8) is 0 Å². The Balaban J connectivity index is 1.38. The second-order valence-corrected chi connectivity index (χ2v) is 25.6. The van der Waals surface area contributed by atoms with E-state index in [1.54, 1.807) is 0 Å². The molecule has 0 aliphatic heterocycles. The van der Waals surface area contributed by atoms with Crippen LogP contribution in [0.1, 0.15) is 281 Å². The molecule has 5 aromatic rings. The fraction of sp³-hybridized carbons (Fsp3) is 0.700. The summed E-state index contributed by atoms with van der Waals surface area (Å²) >= 11 is 7.28. The van der Waals surface area contributed by atoms with Crippen molar-refractivity contribution in [2.24, 2.45) is 0 Å². The molecule has 0 atom stereocenters. The zero-order chi connectivity index (χ0) is 49.4. The van der Waals surface area contributed by atoms with Crippen LogP contribution in [0.5, 0.6) is 0 Å². The number of unbranched alkanes of at least 4 members (excludes halogenated alkanes) is 28. The Hall–Kier alpha value is -1.28. The quantitative estimate of drug-likeness (QED) is 0.0296. The Morgan fingerprint density at radius 2 is 0.600 bits per heavy atom. The van der Waals surface area contributed by atoms with Crippen LogP contribution in [0, 0.1) is 11.6 Å². The van der Waals surface area contributed by atoms with Crippen LogP contribution in [-0.2, 0) is 10.8 Å². The number of benzene rings is 3. The van der Waals surface area contributed by atoms with Gasteiger partial charge in [0.25, 0.3) is 0 Å². The van der Waals surface area contributed by atoms with E-state index in [4.69, 9.17) is 15.9 Å². The van der Waals surface area contributed by atoms with Gasteiger partial charge in [0.15, 0.2) is 0 Å². The fourth-order valence-corrected chi connectivity index (χ4v) is 16.8. The third-order valence-electron chi connectivity index (χ3n) is 16.7. The molecule has 0 spiro atoms. The first-order valence-corrected chi connectivity index (χ1v) is 33.4. The van der Waals surface area contributed by atoms with Crippen molar-refractivity contribution in [3.05, 3.63) is 55.0 Å².